The third-order valence-corrected chi connectivity index (χ3v) is 5.11. The van der Waals surface area contributed by atoms with Crippen LogP contribution in [0.3, 0.4) is 0 Å². The Kier molecular flexibility index (Phi) is 5.55. The standard InChI is InChI=1S/C22H30N2/c1-16(2)19-10-8-18(9-11-19)14-17(3)15-24-22-12-13-23-21-7-5-4-6-20(21)22/h8-13,16-17H,4-7,14-15H2,1-3H3,(H,23,24). The first-order valence-corrected chi connectivity index (χ1v) is 9.43. The largest absolute Gasteiger partial charge is 0.384 e. The van der Waals surface area contributed by atoms with Crippen LogP contribution >= 0.6 is 0 Å². The molecule has 1 heterocycles. The van der Waals surface area contributed by atoms with Crippen LogP contribution < -0.4 is 5.32 Å². The van der Waals surface area contributed by atoms with Gasteiger partial charge in [0.05, 0.1) is 0 Å². The number of pyridine rings is 1. The van der Waals surface area contributed by atoms with E-state index in [1.807, 2.05) is 6.20 Å². The molecule has 0 fully saturated rings. The molecule has 1 aliphatic rings. The predicted octanol–water partition coefficient (Wildman–Crippen LogP) is 5.37. The summed E-state index contributed by atoms with van der Waals surface area (Å²) in [5, 5.41) is 3.68. The van der Waals surface area contributed by atoms with Gasteiger partial charge in [-0.05, 0) is 66.7 Å². The predicted molar refractivity (Wildman–Crippen MR) is 103 cm³/mol. The number of benzene rings is 1. The van der Waals surface area contributed by atoms with Crippen LogP contribution in [0.5, 0.6) is 0 Å². The van der Waals surface area contributed by atoms with Crippen LogP contribution in [-0.2, 0) is 19.3 Å². The van der Waals surface area contributed by atoms with Crippen LogP contribution in [0.15, 0.2) is 36.5 Å². The van der Waals surface area contributed by atoms with Gasteiger partial charge in [0.25, 0.3) is 0 Å². The van der Waals surface area contributed by atoms with Gasteiger partial charge in [0, 0.05) is 24.1 Å². The van der Waals surface area contributed by atoms with Gasteiger partial charge in [-0.25, -0.2) is 0 Å². The zero-order valence-corrected chi connectivity index (χ0v) is 15.3. The molecule has 1 N–H and O–H groups in total. The van der Waals surface area contributed by atoms with Crippen LogP contribution in [0.1, 0.15) is 61.9 Å². The maximum Gasteiger partial charge on any atom is 0.0456 e. The van der Waals surface area contributed by atoms with Crippen molar-refractivity contribution < 1.29 is 0 Å². The van der Waals surface area contributed by atoms with Crippen molar-refractivity contribution in [3.8, 4) is 0 Å². The van der Waals surface area contributed by atoms with Crippen LogP contribution in [0, 0.1) is 5.92 Å². The monoisotopic (exact) mass is 322 g/mol. The normalized spacial score (nSPS) is 15.2. The molecule has 0 bridgehead atoms. The summed E-state index contributed by atoms with van der Waals surface area (Å²) in [6.45, 7) is 7.84. The molecule has 1 aromatic heterocycles. The van der Waals surface area contributed by atoms with E-state index in [2.05, 4.69) is 61.4 Å². The Hall–Kier alpha value is -1.83. The van der Waals surface area contributed by atoms with Crippen molar-refractivity contribution in [3.05, 3.63) is 58.9 Å². The lowest BCUT2D eigenvalue weighted by molar-refractivity contribution is 0.609. The Morgan fingerprint density at radius 2 is 1.75 bits per heavy atom. The van der Waals surface area contributed by atoms with Crippen molar-refractivity contribution in [1.82, 2.24) is 4.98 Å². The molecule has 24 heavy (non-hydrogen) atoms. The second kappa shape index (κ2) is 7.83. The van der Waals surface area contributed by atoms with Crippen molar-refractivity contribution in [2.24, 2.45) is 5.92 Å². The van der Waals surface area contributed by atoms with Gasteiger partial charge in [-0.2, -0.15) is 0 Å². The highest BCUT2D eigenvalue weighted by atomic mass is 14.9. The van der Waals surface area contributed by atoms with E-state index in [4.69, 9.17) is 0 Å². The average molecular weight is 322 g/mol. The van der Waals surface area contributed by atoms with Crippen molar-refractivity contribution in [2.45, 2.75) is 58.8 Å². The summed E-state index contributed by atoms with van der Waals surface area (Å²) < 4.78 is 0. The van der Waals surface area contributed by atoms with Gasteiger partial charge in [0.15, 0.2) is 0 Å². The van der Waals surface area contributed by atoms with E-state index in [9.17, 15) is 0 Å². The fourth-order valence-electron chi connectivity index (χ4n) is 3.59. The summed E-state index contributed by atoms with van der Waals surface area (Å²) >= 11 is 0. The highest BCUT2D eigenvalue weighted by molar-refractivity contribution is 5.53. The van der Waals surface area contributed by atoms with Crippen LogP contribution in [-0.4, -0.2) is 11.5 Å². The van der Waals surface area contributed by atoms with Gasteiger partial charge in [0.1, 0.15) is 0 Å². The zero-order valence-electron chi connectivity index (χ0n) is 15.3. The third-order valence-electron chi connectivity index (χ3n) is 5.11. The summed E-state index contributed by atoms with van der Waals surface area (Å²) in [6.07, 6.45) is 7.98. The van der Waals surface area contributed by atoms with Gasteiger partial charge in [-0.1, -0.05) is 45.0 Å². The van der Waals surface area contributed by atoms with E-state index in [1.165, 1.54) is 47.3 Å². The maximum atomic E-state index is 4.56. The third kappa shape index (κ3) is 4.17. The minimum atomic E-state index is 0.607. The van der Waals surface area contributed by atoms with Gasteiger partial charge < -0.3 is 5.32 Å². The number of nitrogens with zero attached hydrogens (tertiary/aromatic N) is 1. The molecule has 2 aromatic rings. The zero-order chi connectivity index (χ0) is 16.9. The van der Waals surface area contributed by atoms with E-state index in [1.54, 1.807) is 0 Å². The summed E-state index contributed by atoms with van der Waals surface area (Å²) in [5.74, 6) is 1.22. The molecule has 0 radical (unpaired) electrons. The number of fused-ring (bicyclic) bond motifs is 1. The lowest BCUT2D eigenvalue weighted by Crippen LogP contribution is -2.16. The van der Waals surface area contributed by atoms with Gasteiger partial charge >= 0.3 is 0 Å². The Morgan fingerprint density at radius 1 is 1.00 bits per heavy atom. The second-order valence-electron chi connectivity index (χ2n) is 7.58. The fourth-order valence-corrected chi connectivity index (χ4v) is 3.59. The molecule has 0 saturated heterocycles. The topological polar surface area (TPSA) is 24.9 Å². The van der Waals surface area contributed by atoms with Gasteiger partial charge in [0.2, 0.25) is 0 Å². The average Bonchev–Trinajstić information content (AvgIpc) is 2.60. The van der Waals surface area contributed by atoms with Crippen LogP contribution in [0.2, 0.25) is 0 Å². The quantitative estimate of drug-likeness (QED) is 0.773. The first kappa shape index (κ1) is 17.0. The molecule has 1 aliphatic carbocycles. The van der Waals surface area contributed by atoms with Crippen molar-refractivity contribution >= 4 is 5.69 Å². The molecule has 1 unspecified atom stereocenters. The molecule has 0 spiro atoms. The summed E-state index contributed by atoms with van der Waals surface area (Å²) in [4.78, 5) is 4.56. The highest BCUT2D eigenvalue weighted by Gasteiger charge is 2.14. The lowest BCUT2D eigenvalue weighted by atomic mass is 9.94. The Labute approximate surface area is 146 Å². The SMILES string of the molecule is CC(CNc1ccnc2c1CCCC2)Cc1ccc(C(C)C)cc1. The molecule has 2 nitrogen and oxygen atoms in total. The van der Waals surface area contributed by atoms with Crippen molar-refractivity contribution in [2.75, 3.05) is 11.9 Å². The number of aromatic nitrogens is 1. The highest BCUT2D eigenvalue weighted by Crippen LogP contribution is 2.26. The summed E-state index contributed by atoms with van der Waals surface area (Å²) in [5.41, 5.74) is 6.93. The number of rotatable bonds is 6. The second-order valence-corrected chi connectivity index (χ2v) is 7.58. The van der Waals surface area contributed by atoms with Crippen LogP contribution in [0.4, 0.5) is 5.69 Å². The smallest absolute Gasteiger partial charge is 0.0456 e. The lowest BCUT2D eigenvalue weighted by Gasteiger charge is -2.21. The Balaban J connectivity index is 1.57. The van der Waals surface area contributed by atoms with E-state index < -0.39 is 0 Å². The number of anilines is 1. The molecule has 3 rings (SSSR count). The molecule has 1 atom stereocenters. The molecule has 0 saturated carbocycles. The van der Waals surface area contributed by atoms with Crippen molar-refractivity contribution in [1.29, 1.82) is 0 Å². The van der Waals surface area contributed by atoms with E-state index >= 15 is 0 Å². The van der Waals surface area contributed by atoms with E-state index in [0.717, 1.165) is 19.4 Å². The van der Waals surface area contributed by atoms with Crippen molar-refractivity contribution in [3.63, 3.8) is 0 Å². The number of aryl methyl sites for hydroxylation is 1. The first-order valence-electron chi connectivity index (χ1n) is 9.43. The fraction of sp³-hybridized carbons (Fsp3) is 0.500. The van der Waals surface area contributed by atoms with Crippen LogP contribution in [0.25, 0.3) is 0 Å². The molecule has 2 heteroatoms. The minimum absolute atomic E-state index is 0.607. The molecular formula is C22H30N2. The maximum absolute atomic E-state index is 4.56. The number of hydrogen-bond donors (Lipinski definition) is 1. The van der Waals surface area contributed by atoms with Gasteiger partial charge in [-0.3, -0.25) is 4.98 Å². The molecule has 128 valence electrons. The molecule has 1 aromatic carbocycles. The first-order chi connectivity index (χ1) is 11.6. The molecule has 0 aliphatic heterocycles. The summed E-state index contributed by atoms with van der Waals surface area (Å²) in [6, 6.07) is 11.3. The molecule has 0 amide bonds. The Morgan fingerprint density at radius 3 is 2.50 bits per heavy atom. The summed E-state index contributed by atoms with van der Waals surface area (Å²) in [7, 11) is 0. The number of nitrogens with one attached hydrogen (secondary N) is 1. The van der Waals surface area contributed by atoms with E-state index in [0.29, 0.717) is 11.8 Å². The Bertz CT molecular complexity index is 658. The number of hydrogen-bond acceptors (Lipinski definition) is 2. The molecular weight excluding hydrogens is 292 g/mol. The minimum Gasteiger partial charge on any atom is -0.384 e. The van der Waals surface area contributed by atoms with E-state index in [-0.39, 0.29) is 0 Å². The van der Waals surface area contributed by atoms with Gasteiger partial charge in [-0.15, -0.1) is 0 Å².